The minimum atomic E-state index is -0.205. The SMILES string of the molecule is CN(CC(=O)N1CCC(O)CC1)CC1CCCCC1. The van der Waals surface area contributed by atoms with Crippen LogP contribution in [-0.4, -0.2) is 60.1 Å². The topological polar surface area (TPSA) is 43.8 Å². The van der Waals surface area contributed by atoms with Gasteiger partial charge in [-0.2, -0.15) is 0 Å². The Balaban J connectivity index is 1.69. The lowest BCUT2D eigenvalue weighted by Gasteiger charge is -2.32. The second-order valence-electron chi connectivity index (χ2n) is 6.31. The number of aliphatic hydroxyl groups is 1. The fraction of sp³-hybridized carbons (Fsp3) is 0.933. The molecular weight excluding hydrogens is 240 g/mol. The number of likely N-dealkylation sites (tertiary alicyclic amines) is 1. The fourth-order valence-corrected chi connectivity index (χ4v) is 3.32. The molecule has 2 fully saturated rings. The predicted molar refractivity (Wildman–Crippen MR) is 75.9 cm³/mol. The Morgan fingerprint density at radius 2 is 1.79 bits per heavy atom. The van der Waals surface area contributed by atoms with Gasteiger partial charge in [0.1, 0.15) is 0 Å². The minimum absolute atomic E-state index is 0.205. The van der Waals surface area contributed by atoms with Gasteiger partial charge in [-0.3, -0.25) is 9.69 Å². The molecule has 19 heavy (non-hydrogen) atoms. The lowest BCUT2D eigenvalue weighted by Crippen LogP contribution is -2.45. The predicted octanol–water partition coefficient (Wildman–Crippen LogP) is 1.48. The average molecular weight is 268 g/mol. The molecule has 1 aliphatic heterocycles. The van der Waals surface area contributed by atoms with Gasteiger partial charge in [0.25, 0.3) is 0 Å². The molecule has 0 spiro atoms. The Labute approximate surface area is 116 Å². The van der Waals surface area contributed by atoms with E-state index in [1.807, 2.05) is 4.90 Å². The molecule has 0 aromatic carbocycles. The molecule has 4 nitrogen and oxygen atoms in total. The molecule has 0 atom stereocenters. The highest BCUT2D eigenvalue weighted by Crippen LogP contribution is 2.24. The van der Waals surface area contributed by atoms with Gasteiger partial charge in [-0.15, -0.1) is 0 Å². The van der Waals surface area contributed by atoms with Crippen LogP contribution in [0.2, 0.25) is 0 Å². The van der Waals surface area contributed by atoms with Crippen molar-refractivity contribution in [1.29, 1.82) is 0 Å². The molecule has 110 valence electrons. The van der Waals surface area contributed by atoms with Crippen molar-refractivity contribution in [3.8, 4) is 0 Å². The highest BCUT2D eigenvalue weighted by molar-refractivity contribution is 5.78. The summed E-state index contributed by atoms with van der Waals surface area (Å²) in [6.45, 7) is 3.03. The van der Waals surface area contributed by atoms with Crippen LogP contribution >= 0.6 is 0 Å². The zero-order valence-corrected chi connectivity index (χ0v) is 12.2. The van der Waals surface area contributed by atoms with E-state index in [9.17, 15) is 9.90 Å². The Bertz CT molecular complexity index is 282. The Kier molecular flexibility index (Phi) is 5.64. The van der Waals surface area contributed by atoms with E-state index < -0.39 is 0 Å². The normalized spacial score (nSPS) is 23.0. The zero-order chi connectivity index (χ0) is 13.7. The van der Waals surface area contributed by atoms with Gasteiger partial charge >= 0.3 is 0 Å². The van der Waals surface area contributed by atoms with Crippen LogP contribution in [0.3, 0.4) is 0 Å². The number of amides is 1. The van der Waals surface area contributed by atoms with Crippen molar-refractivity contribution < 1.29 is 9.90 Å². The zero-order valence-electron chi connectivity index (χ0n) is 12.2. The van der Waals surface area contributed by atoms with Gasteiger partial charge in [0.15, 0.2) is 0 Å². The van der Waals surface area contributed by atoms with Crippen molar-refractivity contribution in [1.82, 2.24) is 9.80 Å². The number of nitrogens with zero attached hydrogens (tertiary/aromatic N) is 2. The number of aliphatic hydroxyl groups excluding tert-OH is 1. The number of carbonyl (C=O) groups excluding carboxylic acids is 1. The Morgan fingerprint density at radius 3 is 2.42 bits per heavy atom. The van der Waals surface area contributed by atoms with Crippen LogP contribution in [0.1, 0.15) is 44.9 Å². The summed E-state index contributed by atoms with van der Waals surface area (Å²) in [4.78, 5) is 16.3. The molecule has 1 heterocycles. The number of hydrogen-bond acceptors (Lipinski definition) is 3. The molecule has 1 saturated carbocycles. The van der Waals surface area contributed by atoms with Crippen LogP contribution in [-0.2, 0) is 4.79 Å². The minimum Gasteiger partial charge on any atom is -0.393 e. The van der Waals surface area contributed by atoms with Crippen molar-refractivity contribution in [3.63, 3.8) is 0 Å². The van der Waals surface area contributed by atoms with Crippen LogP contribution in [0.4, 0.5) is 0 Å². The molecule has 1 aliphatic carbocycles. The first-order valence-corrected chi connectivity index (χ1v) is 7.79. The van der Waals surface area contributed by atoms with Crippen molar-refractivity contribution in [3.05, 3.63) is 0 Å². The van der Waals surface area contributed by atoms with Gasteiger partial charge in [0, 0.05) is 19.6 Å². The summed E-state index contributed by atoms with van der Waals surface area (Å²) >= 11 is 0. The Hall–Kier alpha value is -0.610. The smallest absolute Gasteiger partial charge is 0.236 e. The van der Waals surface area contributed by atoms with E-state index in [0.717, 1.165) is 38.4 Å². The first-order valence-electron chi connectivity index (χ1n) is 7.79. The van der Waals surface area contributed by atoms with E-state index in [0.29, 0.717) is 6.54 Å². The number of likely N-dealkylation sites (N-methyl/N-ethyl adjacent to an activating group) is 1. The fourth-order valence-electron chi connectivity index (χ4n) is 3.32. The maximum absolute atomic E-state index is 12.2. The molecular formula is C15H28N2O2. The van der Waals surface area contributed by atoms with E-state index in [1.165, 1.54) is 32.1 Å². The number of hydrogen-bond donors (Lipinski definition) is 1. The lowest BCUT2D eigenvalue weighted by molar-refractivity contribution is -0.134. The number of rotatable bonds is 4. The van der Waals surface area contributed by atoms with Crippen molar-refractivity contribution >= 4 is 5.91 Å². The van der Waals surface area contributed by atoms with E-state index in [4.69, 9.17) is 0 Å². The van der Waals surface area contributed by atoms with E-state index >= 15 is 0 Å². The molecule has 0 unspecified atom stereocenters. The van der Waals surface area contributed by atoms with Crippen LogP contribution in [0.5, 0.6) is 0 Å². The number of carbonyl (C=O) groups is 1. The van der Waals surface area contributed by atoms with Gasteiger partial charge in [0.05, 0.1) is 12.6 Å². The maximum Gasteiger partial charge on any atom is 0.236 e. The van der Waals surface area contributed by atoms with E-state index in [-0.39, 0.29) is 12.0 Å². The third-order valence-electron chi connectivity index (χ3n) is 4.52. The summed E-state index contributed by atoms with van der Waals surface area (Å²) in [6.07, 6.45) is 8.02. The second kappa shape index (κ2) is 7.25. The first kappa shape index (κ1) is 14.8. The van der Waals surface area contributed by atoms with Crippen molar-refractivity contribution in [2.45, 2.75) is 51.0 Å². The monoisotopic (exact) mass is 268 g/mol. The lowest BCUT2D eigenvalue weighted by atomic mass is 9.89. The quantitative estimate of drug-likeness (QED) is 0.840. The first-order chi connectivity index (χ1) is 9.15. The Morgan fingerprint density at radius 1 is 1.16 bits per heavy atom. The molecule has 2 rings (SSSR count). The summed E-state index contributed by atoms with van der Waals surface area (Å²) in [5, 5.41) is 9.46. The van der Waals surface area contributed by atoms with E-state index in [1.54, 1.807) is 0 Å². The van der Waals surface area contributed by atoms with Gasteiger partial charge in [-0.1, -0.05) is 19.3 Å². The van der Waals surface area contributed by atoms with Gasteiger partial charge < -0.3 is 10.0 Å². The number of piperidine rings is 1. The summed E-state index contributed by atoms with van der Waals surface area (Å²) in [5.41, 5.74) is 0. The summed E-state index contributed by atoms with van der Waals surface area (Å²) in [6, 6.07) is 0. The summed E-state index contributed by atoms with van der Waals surface area (Å²) in [5.74, 6) is 1.01. The summed E-state index contributed by atoms with van der Waals surface area (Å²) < 4.78 is 0. The molecule has 1 amide bonds. The molecule has 0 aromatic heterocycles. The highest BCUT2D eigenvalue weighted by atomic mass is 16.3. The second-order valence-corrected chi connectivity index (χ2v) is 6.31. The molecule has 1 N–H and O–H groups in total. The van der Waals surface area contributed by atoms with E-state index in [2.05, 4.69) is 11.9 Å². The van der Waals surface area contributed by atoms with Crippen LogP contribution in [0.15, 0.2) is 0 Å². The van der Waals surface area contributed by atoms with Gasteiger partial charge in [-0.05, 0) is 38.6 Å². The average Bonchev–Trinajstić information content (AvgIpc) is 2.40. The molecule has 1 saturated heterocycles. The molecule has 2 aliphatic rings. The van der Waals surface area contributed by atoms with Crippen LogP contribution in [0, 0.1) is 5.92 Å². The van der Waals surface area contributed by atoms with Gasteiger partial charge in [-0.25, -0.2) is 0 Å². The highest BCUT2D eigenvalue weighted by Gasteiger charge is 2.23. The van der Waals surface area contributed by atoms with Crippen LogP contribution < -0.4 is 0 Å². The van der Waals surface area contributed by atoms with Crippen LogP contribution in [0.25, 0.3) is 0 Å². The van der Waals surface area contributed by atoms with Crippen molar-refractivity contribution in [2.24, 2.45) is 5.92 Å². The third-order valence-corrected chi connectivity index (χ3v) is 4.52. The molecule has 0 radical (unpaired) electrons. The molecule has 0 aromatic rings. The van der Waals surface area contributed by atoms with Gasteiger partial charge in [0.2, 0.25) is 5.91 Å². The summed E-state index contributed by atoms with van der Waals surface area (Å²) in [7, 11) is 2.06. The molecule has 0 bridgehead atoms. The third kappa shape index (κ3) is 4.77. The standard InChI is InChI=1S/C15H28N2O2/c1-16(11-13-5-3-2-4-6-13)12-15(19)17-9-7-14(18)8-10-17/h13-14,18H,2-12H2,1H3. The largest absolute Gasteiger partial charge is 0.393 e. The molecule has 4 heteroatoms. The maximum atomic E-state index is 12.2. The van der Waals surface area contributed by atoms with Crippen molar-refractivity contribution in [2.75, 3.05) is 33.2 Å².